The van der Waals surface area contributed by atoms with E-state index in [1.165, 1.54) is 16.7 Å². The molecule has 3 aromatic heterocycles. The number of hydrogen-bond acceptors (Lipinski definition) is 4. The summed E-state index contributed by atoms with van der Waals surface area (Å²) in [5.41, 5.74) is 3.77. The van der Waals surface area contributed by atoms with Gasteiger partial charge in [0.1, 0.15) is 5.82 Å². The summed E-state index contributed by atoms with van der Waals surface area (Å²) in [7, 11) is 3.83. The van der Waals surface area contributed by atoms with E-state index in [-0.39, 0.29) is 11.6 Å². The van der Waals surface area contributed by atoms with Gasteiger partial charge in [-0.3, -0.25) is 14.3 Å². The van der Waals surface area contributed by atoms with Crippen LogP contribution in [0.2, 0.25) is 0 Å². The Morgan fingerprint density at radius 1 is 1.17 bits per heavy atom. The lowest BCUT2D eigenvalue weighted by Gasteiger charge is -2.17. The zero-order chi connectivity index (χ0) is 20.1. The Kier molecular flexibility index (Phi) is 4.02. The number of carbonyl (C=O) groups is 1. The van der Waals surface area contributed by atoms with E-state index in [2.05, 4.69) is 38.3 Å². The fourth-order valence-corrected chi connectivity index (χ4v) is 4.17. The topological polar surface area (TPSA) is 98.8 Å². The number of rotatable bonds is 3. The van der Waals surface area contributed by atoms with Crippen molar-refractivity contribution in [3.8, 4) is 0 Å². The predicted octanol–water partition coefficient (Wildman–Crippen LogP) is 2.76. The van der Waals surface area contributed by atoms with Gasteiger partial charge in [0.15, 0.2) is 0 Å². The molecule has 0 bridgehead atoms. The molecule has 3 N–H and O–H groups in total. The minimum Gasteiger partial charge on any atom is -0.357 e. The largest absolute Gasteiger partial charge is 0.357 e. The van der Waals surface area contributed by atoms with Gasteiger partial charge in [-0.25, -0.2) is 9.78 Å². The summed E-state index contributed by atoms with van der Waals surface area (Å²) in [4.78, 5) is 37.4. The average molecular weight is 390 g/mol. The molecule has 1 aliphatic heterocycles. The maximum absolute atomic E-state index is 12.7. The standard InChI is InChI=1S/C21H22N6O2/c1-26-7-3-4-17(26)15-9-13-11-22-19(10-14(13)23-15)25-20(28)12-5-6-18-16(8-12)24-21(29)27(18)2/h5-6,8-11,17,23H,3-4,7H2,1-2H3,(H,24,29)(H,22,25,28)/t17-/m1/s1. The van der Waals surface area contributed by atoms with Gasteiger partial charge in [-0.2, -0.15) is 0 Å². The molecular formula is C21H22N6O2. The molecule has 8 heteroatoms. The van der Waals surface area contributed by atoms with Crippen molar-refractivity contribution in [2.24, 2.45) is 7.05 Å². The summed E-state index contributed by atoms with van der Waals surface area (Å²) in [6.07, 6.45) is 4.12. The van der Waals surface area contributed by atoms with Crippen LogP contribution in [0.5, 0.6) is 0 Å². The lowest BCUT2D eigenvalue weighted by atomic mass is 10.1. The summed E-state index contributed by atoms with van der Waals surface area (Å²) < 4.78 is 1.51. The van der Waals surface area contributed by atoms with Gasteiger partial charge in [0.2, 0.25) is 0 Å². The van der Waals surface area contributed by atoms with Crippen molar-refractivity contribution < 1.29 is 4.79 Å². The number of aryl methyl sites for hydroxylation is 1. The molecule has 0 saturated carbocycles. The summed E-state index contributed by atoms with van der Waals surface area (Å²) in [6, 6.07) is 9.53. The van der Waals surface area contributed by atoms with E-state index in [0.717, 1.165) is 29.4 Å². The molecule has 1 aromatic carbocycles. The number of pyridine rings is 1. The highest BCUT2D eigenvalue weighted by atomic mass is 16.2. The van der Waals surface area contributed by atoms with Crippen LogP contribution < -0.4 is 11.0 Å². The summed E-state index contributed by atoms with van der Waals surface area (Å²) in [6.45, 7) is 1.11. The zero-order valence-corrected chi connectivity index (χ0v) is 16.3. The number of anilines is 1. The number of H-pyrrole nitrogens is 2. The monoisotopic (exact) mass is 390 g/mol. The third kappa shape index (κ3) is 3.01. The van der Waals surface area contributed by atoms with Gasteiger partial charge in [0.05, 0.1) is 16.6 Å². The Morgan fingerprint density at radius 3 is 2.83 bits per heavy atom. The van der Waals surface area contributed by atoms with Gasteiger partial charge >= 0.3 is 5.69 Å². The molecule has 0 unspecified atom stereocenters. The third-order valence-electron chi connectivity index (χ3n) is 5.81. The summed E-state index contributed by atoms with van der Waals surface area (Å²) >= 11 is 0. The number of benzene rings is 1. The van der Waals surface area contributed by atoms with Crippen LogP contribution in [0.1, 0.15) is 34.9 Å². The third-order valence-corrected chi connectivity index (χ3v) is 5.81. The maximum Gasteiger partial charge on any atom is 0.326 e. The van der Waals surface area contributed by atoms with E-state index in [1.807, 2.05) is 6.07 Å². The first-order valence-corrected chi connectivity index (χ1v) is 9.68. The van der Waals surface area contributed by atoms with Gasteiger partial charge in [-0.15, -0.1) is 0 Å². The van der Waals surface area contributed by atoms with Crippen molar-refractivity contribution in [2.75, 3.05) is 18.9 Å². The van der Waals surface area contributed by atoms with E-state index in [9.17, 15) is 9.59 Å². The number of likely N-dealkylation sites (tertiary alicyclic amines) is 1. The van der Waals surface area contributed by atoms with Gasteiger partial charge < -0.3 is 15.3 Å². The number of nitrogens with one attached hydrogen (secondary N) is 3. The molecule has 0 radical (unpaired) electrons. The number of aromatic nitrogens is 4. The van der Waals surface area contributed by atoms with Crippen LogP contribution in [0.4, 0.5) is 5.82 Å². The Morgan fingerprint density at radius 2 is 2.03 bits per heavy atom. The fourth-order valence-electron chi connectivity index (χ4n) is 4.17. The predicted molar refractivity (Wildman–Crippen MR) is 112 cm³/mol. The quantitative estimate of drug-likeness (QED) is 0.501. The minimum absolute atomic E-state index is 0.208. The first-order valence-electron chi connectivity index (χ1n) is 9.68. The molecule has 0 spiro atoms. The minimum atomic E-state index is -0.272. The Balaban J connectivity index is 1.40. The maximum atomic E-state index is 12.7. The van der Waals surface area contributed by atoms with Crippen LogP contribution in [0, 0.1) is 0 Å². The lowest BCUT2D eigenvalue weighted by Crippen LogP contribution is -2.17. The Hall–Kier alpha value is -3.39. The highest BCUT2D eigenvalue weighted by Gasteiger charge is 2.24. The normalized spacial score (nSPS) is 17.4. The molecule has 0 aliphatic carbocycles. The molecule has 29 heavy (non-hydrogen) atoms. The molecule has 1 aliphatic rings. The van der Waals surface area contributed by atoms with Crippen molar-refractivity contribution in [3.05, 3.63) is 58.3 Å². The number of fused-ring (bicyclic) bond motifs is 2. The van der Waals surface area contributed by atoms with Gasteiger partial charge in [-0.1, -0.05) is 0 Å². The number of carbonyl (C=O) groups excluding carboxylic acids is 1. The molecule has 1 fully saturated rings. The number of amides is 1. The van der Waals surface area contributed by atoms with E-state index in [1.54, 1.807) is 31.4 Å². The van der Waals surface area contributed by atoms with Crippen molar-refractivity contribution in [1.29, 1.82) is 0 Å². The molecule has 5 rings (SSSR count). The van der Waals surface area contributed by atoms with Crippen LogP contribution in [0.25, 0.3) is 21.9 Å². The van der Waals surface area contributed by atoms with E-state index in [0.29, 0.717) is 22.9 Å². The van der Waals surface area contributed by atoms with E-state index in [4.69, 9.17) is 0 Å². The molecule has 8 nitrogen and oxygen atoms in total. The second-order valence-electron chi connectivity index (χ2n) is 7.70. The van der Waals surface area contributed by atoms with Gasteiger partial charge in [0, 0.05) is 42.0 Å². The van der Waals surface area contributed by atoms with Crippen molar-refractivity contribution in [2.45, 2.75) is 18.9 Å². The van der Waals surface area contributed by atoms with Crippen molar-refractivity contribution in [3.63, 3.8) is 0 Å². The number of imidazole rings is 1. The van der Waals surface area contributed by atoms with E-state index >= 15 is 0 Å². The SMILES string of the molecule is CN1CCC[C@@H]1c1cc2cnc(NC(=O)c3ccc4c(c3)[nH]c(=O)n4C)cc2[nH]1. The van der Waals surface area contributed by atoms with Crippen molar-refractivity contribution >= 4 is 33.7 Å². The lowest BCUT2D eigenvalue weighted by molar-refractivity contribution is 0.102. The van der Waals surface area contributed by atoms with E-state index < -0.39 is 0 Å². The van der Waals surface area contributed by atoms with Crippen molar-refractivity contribution in [1.82, 2.24) is 24.4 Å². The Bertz CT molecular complexity index is 1300. The zero-order valence-electron chi connectivity index (χ0n) is 16.3. The second-order valence-corrected chi connectivity index (χ2v) is 7.70. The molecule has 148 valence electrons. The molecule has 1 saturated heterocycles. The molecule has 4 aromatic rings. The highest BCUT2D eigenvalue weighted by molar-refractivity contribution is 6.06. The molecular weight excluding hydrogens is 368 g/mol. The average Bonchev–Trinajstić information content (AvgIpc) is 3.38. The highest BCUT2D eigenvalue weighted by Crippen LogP contribution is 2.32. The smallest absolute Gasteiger partial charge is 0.326 e. The first-order chi connectivity index (χ1) is 14.0. The van der Waals surface area contributed by atoms with Gasteiger partial charge in [-0.05, 0) is 50.7 Å². The number of nitrogens with zero attached hydrogens (tertiary/aromatic N) is 3. The molecule has 1 atom stereocenters. The summed E-state index contributed by atoms with van der Waals surface area (Å²) in [5.74, 6) is 0.211. The molecule has 4 heterocycles. The molecule has 1 amide bonds. The fraction of sp³-hybridized carbons (Fsp3) is 0.286. The first kappa shape index (κ1) is 17.7. The van der Waals surface area contributed by atoms with Gasteiger partial charge in [0.25, 0.3) is 5.91 Å². The van der Waals surface area contributed by atoms with Crippen LogP contribution >= 0.6 is 0 Å². The number of hydrogen-bond donors (Lipinski definition) is 3. The number of aromatic amines is 2. The Labute approximate surface area is 166 Å². The van der Waals surface area contributed by atoms with Crippen LogP contribution in [-0.2, 0) is 7.05 Å². The summed E-state index contributed by atoms with van der Waals surface area (Å²) in [5, 5.41) is 3.87. The second kappa shape index (κ2) is 6.59. The van der Waals surface area contributed by atoms with Crippen LogP contribution in [0.3, 0.4) is 0 Å². The van der Waals surface area contributed by atoms with Crippen LogP contribution in [0.15, 0.2) is 41.3 Å². The van der Waals surface area contributed by atoms with Crippen LogP contribution in [-0.4, -0.2) is 43.9 Å².